The molecule has 0 saturated heterocycles. The molecule has 0 aromatic rings. The van der Waals surface area contributed by atoms with Crippen molar-refractivity contribution < 1.29 is 27.5 Å². The van der Waals surface area contributed by atoms with E-state index in [1.54, 1.807) is 20.8 Å². The lowest BCUT2D eigenvalue weighted by molar-refractivity contribution is -0.184. The number of rotatable bonds is 4. The van der Waals surface area contributed by atoms with Gasteiger partial charge in [0.05, 0.1) is 0 Å². The molecule has 20 heavy (non-hydrogen) atoms. The van der Waals surface area contributed by atoms with Gasteiger partial charge in [-0.1, -0.05) is 0 Å². The summed E-state index contributed by atoms with van der Waals surface area (Å²) in [7, 11) is 2.56. The Morgan fingerprint density at radius 2 is 1.45 bits per heavy atom. The van der Waals surface area contributed by atoms with E-state index in [1.165, 1.54) is 11.9 Å². The Labute approximate surface area is 116 Å². The maximum atomic E-state index is 12.1. The maximum absolute atomic E-state index is 12.1. The van der Waals surface area contributed by atoms with Crippen molar-refractivity contribution in [2.45, 2.75) is 39.0 Å². The van der Waals surface area contributed by atoms with Crippen LogP contribution in [0.25, 0.3) is 0 Å². The lowest BCUT2D eigenvalue weighted by atomic mass is 10.2. The van der Waals surface area contributed by atoms with Crippen molar-refractivity contribution in [3.8, 4) is 0 Å². The van der Waals surface area contributed by atoms with Gasteiger partial charge in [0.1, 0.15) is 5.60 Å². The van der Waals surface area contributed by atoms with Crippen LogP contribution in [0, 0.1) is 0 Å². The van der Waals surface area contributed by atoms with Crippen molar-refractivity contribution in [2.24, 2.45) is 0 Å². The summed E-state index contributed by atoms with van der Waals surface area (Å²) in [4.78, 5) is 24.3. The maximum Gasteiger partial charge on any atom is 0.471 e. The van der Waals surface area contributed by atoms with Gasteiger partial charge in [0.15, 0.2) is 0 Å². The Balaban J connectivity index is 4.13. The van der Waals surface area contributed by atoms with E-state index in [9.17, 15) is 22.8 Å². The smallest absolute Gasteiger partial charge is 0.444 e. The van der Waals surface area contributed by atoms with Gasteiger partial charge in [0.2, 0.25) is 0 Å². The quantitative estimate of drug-likeness (QED) is 0.800. The van der Waals surface area contributed by atoms with Crippen LogP contribution >= 0.6 is 0 Å². The van der Waals surface area contributed by atoms with E-state index in [4.69, 9.17) is 4.74 Å². The topological polar surface area (TPSA) is 49.9 Å². The molecule has 0 fully saturated rings. The average molecular weight is 298 g/mol. The molecular weight excluding hydrogens is 277 g/mol. The van der Waals surface area contributed by atoms with E-state index in [-0.39, 0.29) is 19.5 Å². The minimum atomic E-state index is -4.87. The van der Waals surface area contributed by atoms with Crippen LogP contribution in [0.3, 0.4) is 0 Å². The molecule has 8 heteroatoms. The van der Waals surface area contributed by atoms with Crippen LogP contribution in [0.15, 0.2) is 0 Å². The third-order valence-corrected chi connectivity index (χ3v) is 2.28. The number of halogens is 3. The van der Waals surface area contributed by atoms with Gasteiger partial charge in [-0.2, -0.15) is 13.2 Å². The predicted octanol–water partition coefficient (Wildman–Crippen LogP) is 2.26. The zero-order valence-electron chi connectivity index (χ0n) is 12.4. The van der Waals surface area contributed by atoms with E-state index < -0.39 is 23.8 Å². The second-order valence-electron chi connectivity index (χ2n) is 5.48. The Hall–Kier alpha value is -1.47. The fourth-order valence-corrected chi connectivity index (χ4v) is 1.29. The van der Waals surface area contributed by atoms with Crippen molar-refractivity contribution in [2.75, 3.05) is 27.2 Å². The average Bonchev–Trinajstić information content (AvgIpc) is 2.23. The Kier molecular flexibility index (Phi) is 6.31. The van der Waals surface area contributed by atoms with Gasteiger partial charge in [-0.15, -0.1) is 0 Å². The molecule has 0 spiro atoms. The summed E-state index contributed by atoms with van der Waals surface area (Å²) in [5.74, 6) is -1.89. The first kappa shape index (κ1) is 18.5. The summed E-state index contributed by atoms with van der Waals surface area (Å²) in [5.41, 5.74) is -0.631. The van der Waals surface area contributed by atoms with Gasteiger partial charge in [-0.3, -0.25) is 4.79 Å². The Morgan fingerprint density at radius 1 is 1.00 bits per heavy atom. The van der Waals surface area contributed by atoms with Crippen LogP contribution in [-0.4, -0.2) is 60.8 Å². The molecule has 0 atom stereocenters. The van der Waals surface area contributed by atoms with Crippen molar-refractivity contribution in [1.82, 2.24) is 9.80 Å². The van der Waals surface area contributed by atoms with E-state index in [1.807, 2.05) is 0 Å². The summed E-state index contributed by atoms with van der Waals surface area (Å²) in [6.45, 7) is 5.26. The molecule has 0 heterocycles. The second kappa shape index (κ2) is 6.81. The number of hydrogen-bond acceptors (Lipinski definition) is 3. The van der Waals surface area contributed by atoms with Gasteiger partial charge in [0, 0.05) is 27.2 Å². The molecule has 0 rings (SSSR count). The van der Waals surface area contributed by atoms with Gasteiger partial charge < -0.3 is 14.5 Å². The molecule has 0 saturated carbocycles. The van der Waals surface area contributed by atoms with Gasteiger partial charge in [-0.25, -0.2) is 4.79 Å². The number of amides is 2. The molecule has 0 bridgehead atoms. The summed E-state index contributed by atoms with van der Waals surface area (Å²) in [5, 5.41) is 0. The highest BCUT2D eigenvalue weighted by atomic mass is 19.4. The first-order chi connectivity index (χ1) is 8.84. The standard InChI is InChI=1S/C12H21F3N2O3/c1-11(2,3)20-10(19)17(5)8-6-7-16(4)9(18)12(13,14)15/h6-8H2,1-5H3. The molecule has 0 N–H and O–H groups in total. The molecular formula is C12H21F3N2O3. The Bertz CT molecular complexity index is 351. The molecule has 2 amide bonds. The summed E-state index contributed by atoms with van der Waals surface area (Å²) in [6.07, 6.45) is -5.19. The summed E-state index contributed by atoms with van der Waals surface area (Å²) < 4.78 is 41.5. The van der Waals surface area contributed by atoms with Crippen molar-refractivity contribution in [3.05, 3.63) is 0 Å². The van der Waals surface area contributed by atoms with Crippen LogP contribution in [-0.2, 0) is 9.53 Å². The molecule has 0 aliphatic rings. The third kappa shape index (κ3) is 7.20. The van der Waals surface area contributed by atoms with Crippen molar-refractivity contribution in [1.29, 1.82) is 0 Å². The zero-order chi connectivity index (χ0) is 16.1. The predicted molar refractivity (Wildman–Crippen MR) is 67.2 cm³/mol. The third-order valence-electron chi connectivity index (χ3n) is 2.28. The van der Waals surface area contributed by atoms with Crippen LogP contribution in [0.2, 0.25) is 0 Å². The summed E-state index contributed by atoms with van der Waals surface area (Å²) in [6, 6.07) is 0. The van der Waals surface area contributed by atoms with E-state index in [0.29, 0.717) is 4.90 Å². The number of carbonyl (C=O) groups is 2. The lowest BCUT2D eigenvalue weighted by Crippen LogP contribution is -2.40. The monoisotopic (exact) mass is 298 g/mol. The van der Waals surface area contributed by atoms with Crippen LogP contribution in [0.1, 0.15) is 27.2 Å². The van der Waals surface area contributed by atoms with E-state index in [0.717, 1.165) is 7.05 Å². The molecule has 0 unspecified atom stereocenters. The molecule has 0 aliphatic heterocycles. The van der Waals surface area contributed by atoms with Crippen molar-refractivity contribution >= 4 is 12.0 Å². The van der Waals surface area contributed by atoms with Crippen LogP contribution < -0.4 is 0 Å². The SMILES string of the molecule is CN(CCCN(C)C(=O)C(F)(F)F)C(=O)OC(C)(C)C. The number of alkyl halides is 3. The largest absolute Gasteiger partial charge is 0.471 e. The zero-order valence-corrected chi connectivity index (χ0v) is 12.4. The molecule has 0 aromatic heterocycles. The first-order valence-corrected chi connectivity index (χ1v) is 6.11. The van der Waals surface area contributed by atoms with Gasteiger partial charge in [-0.05, 0) is 27.2 Å². The number of ether oxygens (including phenoxy) is 1. The minimum absolute atomic E-state index is 0.0918. The molecule has 5 nitrogen and oxygen atoms in total. The first-order valence-electron chi connectivity index (χ1n) is 6.11. The van der Waals surface area contributed by atoms with Crippen LogP contribution in [0.4, 0.5) is 18.0 Å². The Morgan fingerprint density at radius 3 is 1.85 bits per heavy atom. The fraction of sp³-hybridized carbons (Fsp3) is 0.833. The van der Waals surface area contributed by atoms with E-state index in [2.05, 4.69) is 0 Å². The van der Waals surface area contributed by atoms with Crippen molar-refractivity contribution in [3.63, 3.8) is 0 Å². The molecule has 0 aromatic carbocycles. The second-order valence-corrected chi connectivity index (χ2v) is 5.48. The highest BCUT2D eigenvalue weighted by Gasteiger charge is 2.40. The molecule has 0 aliphatic carbocycles. The number of carbonyl (C=O) groups excluding carboxylic acids is 2. The van der Waals surface area contributed by atoms with E-state index >= 15 is 0 Å². The fourth-order valence-electron chi connectivity index (χ4n) is 1.29. The van der Waals surface area contributed by atoms with Gasteiger partial charge >= 0.3 is 18.2 Å². The highest BCUT2D eigenvalue weighted by Crippen LogP contribution is 2.17. The highest BCUT2D eigenvalue weighted by molar-refractivity contribution is 5.81. The summed E-state index contributed by atoms with van der Waals surface area (Å²) >= 11 is 0. The van der Waals surface area contributed by atoms with Gasteiger partial charge in [0.25, 0.3) is 0 Å². The molecule has 118 valence electrons. The normalized spacial score (nSPS) is 12.0. The minimum Gasteiger partial charge on any atom is -0.444 e. The van der Waals surface area contributed by atoms with Crippen LogP contribution in [0.5, 0.6) is 0 Å². The lowest BCUT2D eigenvalue weighted by Gasteiger charge is -2.25. The number of hydrogen-bond donors (Lipinski definition) is 0. The number of nitrogens with zero attached hydrogens (tertiary/aromatic N) is 2. The molecule has 0 radical (unpaired) electrons.